The summed E-state index contributed by atoms with van der Waals surface area (Å²) in [6, 6.07) is 15.1. The molecule has 0 aliphatic rings. The number of rotatable bonds is 4. The second kappa shape index (κ2) is 6.31. The first-order chi connectivity index (χ1) is 9.49. The first-order valence-corrected chi connectivity index (χ1v) is 7.57. The van der Waals surface area contributed by atoms with Gasteiger partial charge in [-0.15, -0.1) is 0 Å². The Balaban J connectivity index is 2.30. The number of benzene rings is 2. The van der Waals surface area contributed by atoms with E-state index in [2.05, 4.69) is 96.6 Å². The van der Waals surface area contributed by atoms with Crippen molar-refractivity contribution in [3.8, 4) is 0 Å². The second-order valence-electron chi connectivity index (χ2n) is 5.28. The summed E-state index contributed by atoms with van der Waals surface area (Å²) in [5.41, 5.74) is 4.97. The van der Waals surface area contributed by atoms with E-state index < -0.39 is 0 Å². The van der Waals surface area contributed by atoms with Gasteiger partial charge >= 0.3 is 0 Å². The smallest absolute Gasteiger partial charge is 0.0597 e. The average Bonchev–Trinajstić information content (AvgIpc) is 2.38. The largest absolute Gasteiger partial charge is 0.377 e. The summed E-state index contributed by atoms with van der Waals surface area (Å²) in [5.74, 6) is 0. The second-order valence-corrected chi connectivity index (χ2v) is 6.19. The molecule has 2 rings (SSSR count). The third kappa shape index (κ3) is 3.34. The van der Waals surface area contributed by atoms with Crippen LogP contribution in [0.3, 0.4) is 0 Å². The van der Waals surface area contributed by atoms with Gasteiger partial charge in [-0.25, -0.2) is 0 Å². The molecule has 1 unspecified atom stereocenters. The van der Waals surface area contributed by atoms with Crippen LogP contribution >= 0.6 is 15.9 Å². The van der Waals surface area contributed by atoms with Gasteiger partial charge < -0.3 is 10.2 Å². The fraction of sp³-hybridized carbons (Fsp3) is 0.294. The first-order valence-electron chi connectivity index (χ1n) is 6.78. The van der Waals surface area contributed by atoms with Crippen molar-refractivity contribution in [3.63, 3.8) is 0 Å². The molecule has 0 fully saturated rings. The van der Waals surface area contributed by atoms with Gasteiger partial charge in [0.25, 0.3) is 0 Å². The van der Waals surface area contributed by atoms with Gasteiger partial charge in [-0.2, -0.15) is 0 Å². The minimum Gasteiger partial charge on any atom is -0.377 e. The molecule has 106 valence electrons. The van der Waals surface area contributed by atoms with E-state index in [1.54, 1.807) is 0 Å². The maximum Gasteiger partial charge on any atom is 0.0597 e. The van der Waals surface area contributed by atoms with Gasteiger partial charge in [-0.1, -0.05) is 40.2 Å². The van der Waals surface area contributed by atoms with Crippen LogP contribution in [0.1, 0.15) is 24.1 Å². The van der Waals surface area contributed by atoms with E-state index in [1.165, 1.54) is 16.8 Å². The Bertz CT molecular complexity index is 593. The molecule has 1 N–H and O–H groups in total. The van der Waals surface area contributed by atoms with E-state index in [9.17, 15) is 0 Å². The molecular formula is C17H21BrN2. The molecule has 3 heteroatoms. The third-order valence-electron chi connectivity index (χ3n) is 3.47. The summed E-state index contributed by atoms with van der Waals surface area (Å²) >= 11 is 3.55. The topological polar surface area (TPSA) is 15.3 Å². The maximum atomic E-state index is 3.62. The molecule has 0 bridgehead atoms. The average molecular weight is 333 g/mol. The van der Waals surface area contributed by atoms with E-state index in [0.29, 0.717) is 0 Å². The molecule has 1 atom stereocenters. The molecule has 0 heterocycles. The van der Waals surface area contributed by atoms with Crippen LogP contribution in [0.2, 0.25) is 0 Å². The fourth-order valence-electron chi connectivity index (χ4n) is 2.40. The Morgan fingerprint density at radius 3 is 2.45 bits per heavy atom. The van der Waals surface area contributed by atoms with E-state index in [0.717, 1.165) is 10.2 Å². The molecule has 2 aromatic rings. The highest BCUT2D eigenvalue weighted by Crippen LogP contribution is 2.31. The number of aryl methyl sites for hydroxylation is 1. The summed E-state index contributed by atoms with van der Waals surface area (Å²) in [6.07, 6.45) is 0. The molecular weight excluding hydrogens is 312 g/mol. The Morgan fingerprint density at radius 2 is 1.80 bits per heavy atom. The molecule has 2 nitrogen and oxygen atoms in total. The van der Waals surface area contributed by atoms with Crippen LogP contribution in [0.5, 0.6) is 0 Å². The third-order valence-corrected chi connectivity index (χ3v) is 3.96. The Labute approximate surface area is 129 Å². The molecule has 20 heavy (non-hydrogen) atoms. The van der Waals surface area contributed by atoms with Crippen molar-refractivity contribution in [3.05, 3.63) is 58.1 Å². The van der Waals surface area contributed by atoms with Crippen molar-refractivity contribution in [2.24, 2.45) is 0 Å². The fourth-order valence-corrected chi connectivity index (χ4v) is 2.76. The number of nitrogens with zero attached hydrogens (tertiary/aromatic N) is 1. The number of nitrogens with one attached hydrogen (secondary N) is 1. The lowest BCUT2D eigenvalue weighted by atomic mass is 10.0. The standard InChI is InChI=1S/C17H21BrN2/c1-12-7-5-6-8-15(12)13(2)19-16-11-14(18)9-10-17(16)20(3)4/h5-11,13,19H,1-4H3. The van der Waals surface area contributed by atoms with Crippen LogP contribution in [0.4, 0.5) is 11.4 Å². The first kappa shape index (κ1) is 14.9. The van der Waals surface area contributed by atoms with Crippen LogP contribution in [0.25, 0.3) is 0 Å². The summed E-state index contributed by atoms with van der Waals surface area (Å²) in [4.78, 5) is 2.12. The van der Waals surface area contributed by atoms with Gasteiger partial charge in [0.2, 0.25) is 0 Å². The quantitative estimate of drug-likeness (QED) is 0.847. The summed E-state index contributed by atoms with van der Waals surface area (Å²) in [5, 5.41) is 3.62. The van der Waals surface area contributed by atoms with Crippen molar-refractivity contribution >= 4 is 27.3 Å². The molecule has 2 aromatic carbocycles. The molecule has 0 spiro atoms. The lowest BCUT2D eigenvalue weighted by Crippen LogP contribution is -2.14. The molecule has 0 aliphatic heterocycles. The van der Waals surface area contributed by atoms with Crippen molar-refractivity contribution < 1.29 is 0 Å². The molecule has 0 saturated heterocycles. The predicted molar refractivity (Wildman–Crippen MR) is 91.7 cm³/mol. The highest BCUT2D eigenvalue weighted by Gasteiger charge is 2.11. The van der Waals surface area contributed by atoms with E-state index in [1.807, 2.05) is 0 Å². The number of halogens is 1. The van der Waals surface area contributed by atoms with Crippen LogP contribution in [0.15, 0.2) is 46.9 Å². The van der Waals surface area contributed by atoms with Gasteiger partial charge in [-0.05, 0) is 43.2 Å². The van der Waals surface area contributed by atoms with Crippen LogP contribution in [-0.4, -0.2) is 14.1 Å². The normalized spacial score (nSPS) is 12.1. The van der Waals surface area contributed by atoms with Crippen molar-refractivity contribution in [2.75, 3.05) is 24.3 Å². The van der Waals surface area contributed by atoms with E-state index >= 15 is 0 Å². The van der Waals surface area contributed by atoms with Crippen LogP contribution in [-0.2, 0) is 0 Å². The van der Waals surface area contributed by atoms with Crippen molar-refractivity contribution in [2.45, 2.75) is 19.9 Å². The van der Waals surface area contributed by atoms with Crippen LogP contribution in [0, 0.1) is 6.92 Å². The van der Waals surface area contributed by atoms with Crippen LogP contribution < -0.4 is 10.2 Å². The number of anilines is 2. The van der Waals surface area contributed by atoms with Gasteiger partial charge in [0.05, 0.1) is 11.4 Å². The van der Waals surface area contributed by atoms with Gasteiger partial charge in [-0.3, -0.25) is 0 Å². The van der Waals surface area contributed by atoms with Gasteiger partial charge in [0.1, 0.15) is 0 Å². The maximum absolute atomic E-state index is 3.62. The lowest BCUT2D eigenvalue weighted by Gasteiger charge is -2.23. The molecule has 0 aromatic heterocycles. The van der Waals surface area contributed by atoms with Gasteiger partial charge in [0.15, 0.2) is 0 Å². The minimum atomic E-state index is 0.268. The lowest BCUT2D eigenvalue weighted by molar-refractivity contribution is 0.872. The molecule has 0 aliphatic carbocycles. The number of hydrogen-bond donors (Lipinski definition) is 1. The van der Waals surface area contributed by atoms with E-state index in [4.69, 9.17) is 0 Å². The highest BCUT2D eigenvalue weighted by molar-refractivity contribution is 9.10. The summed E-state index contributed by atoms with van der Waals surface area (Å²) in [6.45, 7) is 4.35. The summed E-state index contributed by atoms with van der Waals surface area (Å²) < 4.78 is 1.09. The summed E-state index contributed by atoms with van der Waals surface area (Å²) in [7, 11) is 4.12. The molecule has 0 saturated carbocycles. The highest BCUT2D eigenvalue weighted by atomic mass is 79.9. The molecule has 0 radical (unpaired) electrons. The van der Waals surface area contributed by atoms with E-state index in [-0.39, 0.29) is 6.04 Å². The number of hydrogen-bond acceptors (Lipinski definition) is 2. The SMILES string of the molecule is Cc1ccccc1C(C)Nc1cc(Br)ccc1N(C)C. The van der Waals surface area contributed by atoms with Crippen molar-refractivity contribution in [1.29, 1.82) is 0 Å². The minimum absolute atomic E-state index is 0.268. The van der Waals surface area contributed by atoms with Crippen molar-refractivity contribution in [1.82, 2.24) is 0 Å². The monoisotopic (exact) mass is 332 g/mol. The zero-order chi connectivity index (χ0) is 14.7. The Kier molecular flexibility index (Phi) is 4.71. The van der Waals surface area contributed by atoms with Gasteiger partial charge in [0, 0.05) is 24.6 Å². The Hall–Kier alpha value is -1.48. The zero-order valence-electron chi connectivity index (χ0n) is 12.4. The predicted octanol–water partition coefficient (Wildman–Crippen LogP) is 5.00. The zero-order valence-corrected chi connectivity index (χ0v) is 14.0. The molecule has 0 amide bonds. The Morgan fingerprint density at radius 1 is 1.10 bits per heavy atom.